The Kier molecular flexibility index (Phi) is 4.32. The molecule has 0 radical (unpaired) electrons. The minimum Gasteiger partial charge on any atom is -0.481 e. The van der Waals surface area contributed by atoms with E-state index in [0.29, 0.717) is 0 Å². The molecule has 0 aliphatic carbocycles. The van der Waals surface area contributed by atoms with Crippen molar-refractivity contribution >= 4 is 33.7 Å². The largest absolute Gasteiger partial charge is 0.481 e. The van der Waals surface area contributed by atoms with Crippen LogP contribution < -0.4 is 0 Å². The van der Waals surface area contributed by atoms with E-state index in [4.69, 9.17) is 5.11 Å². The molecule has 0 bridgehead atoms. The number of benzene rings is 1. The third-order valence-electron chi connectivity index (χ3n) is 1.44. The van der Waals surface area contributed by atoms with Crippen LogP contribution in [-0.4, -0.2) is 16.8 Å². The first-order chi connectivity index (χ1) is 6.20. The molecule has 70 valence electrons. The second-order valence-electron chi connectivity index (χ2n) is 2.48. The van der Waals surface area contributed by atoms with Gasteiger partial charge in [-0.25, -0.2) is 0 Å². The van der Waals surface area contributed by atoms with Gasteiger partial charge in [0.2, 0.25) is 0 Å². The Morgan fingerprint density at radius 2 is 2.15 bits per heavy atom. The van der Waals surface area contributed by atoms with E-state index in [1.54, 1.807) is 0 Å². The Hall–Kier alpha value is -0.480. The van der Waals surface area contributed by atoms with Gasteiger partial charge in [-0.05, 0) is 11.6 Å². The Morgan fingerprint density at radius 1 is 1.46 bits per heavy atom. The van der Waals surface area contributed by atoms with E-state index in [9.17, 15) is 4.79 Å². The summed E-state index contributed by atoms with van der Waals surface area (Å²) in [5.74, 6) is 0.117. The molecule has 0 aliphatic heterocycles. The lowest BCUT2D eigenvalue weighted by Gasteiger charge is -2.01. The van der Waals surface area contributed by atoms with E-state index in [1.807, 2.05) is 24.3 Å². The zero-order valence-corrected chi connectivity index (χ0v) is 9.27. The number of halogens is 1. The third-order valence-corrected chi connectivity index (χ3v) is 3.18. The molecule has 1 aromatic rings. The predicted octanol–water partition coefficient (Wildman–Crippen LogP) is 2.77. The van der Waals surface area contributed by atoms with Gasteiger partial charge < -0.3 is 5.11 Å². The second kappa shape index (κ2) is 5.29. The second-order valence-corrected chi connectivity index (χ2v) is 4.32. The molecule has 0 amide bonds. The molecule has 1 aromatic carbocycles. The fourth-order valence-corrected chi connectivity index (χ4v) is 2.22. The summed E-state index contributed by atoms with van der Waals surface area (Å²) in [4.78, 5) is 10.2. The lowest BCUT2D eigenvalue weighted by atomic mass is 10.2. The van der Waals surface area contributed by atoms with Gasteiger partial charge in [0, 0.05) is 10.2 Å². The van der Waals surface area contributed by atoms with Gasteiger partial charge in [-0.1, -0.05) is 34.1 Å². The quantitative estimate of drug-likeness (QED) is 0.905. The maximum absolute atomic E-state index is 10.2. The molecule has 0 atom stereocenters. The molecular formula is C9H9BrO2S. The first-order valence-corrected chi connectivity index (χ1v) is 5.68. The van der Waals surface area contributed by atoms with Crippen molar-refractivity contribution in [1.82, 2.24) is 0 Å². The first kappa shape index (κ1) is 10.6. The zero-order valence-electron chi connectivity index (χ0n) is 6.87. The fourth-order valence-electron chi connectivity index (χ4n) is 0.864. The molecule has 0 heterocycles. The SMILES string of the molecule is O=C(O)CSCc1ccccc1Br. The van der Waals surface area contributed by atoms with Gasteiger partial charge in [-0.15, -0.1) is 11.8 Å². The standard InChI is InChI=1S/C9H9BrO2S/c10-8-4-2-1-3-7(8)5-13-6-9(11)12/h1-4H,5-6H2,(H,11,12). The maximum atomic E-state index is 10.2. The molecule has 0 saturated carbocycles. The molecule has 0 aromatic heterocycles. The van der Waals surface area contributed by atoms with Gasteiger partial charge in [0.05, 0.1) is 5.75 Å². The van der Waals surface area contributed by atoms with Gasteiger partial charge in [0.1, 0.15) is 0 Å². The predicted molar refractivity (Wildman–Crippen MR) is 57.9 cm³/mol. The minimum absolute atomic E-state index is 0.154. The highest BCUT2D eigenvalue weighted by atomic mass is 79.9. The van der Waals surface area contributed by atoms with Crippen molar-refractivity contribution in [3.63, 3.8) is 0 Å². The van der Waals surface area contributed by atoms with Crippen LogP contribution in [0.3, 0.4) is 0 Å². The summed E-state index contributed by atoms with van der Waals surface area (Å²) in [7, 11) is 0. The van der Waals surface area contributed by atoms with Crippen LogP contribution in [-0.2, 0) is 10.5 Å². The summed E-state index contributed by atoms with van der Waals surface area (Å²) < 4.78 is 1.04. The van der Waals surface area contributed by atoms with Crippen LogP contribution in [0.5, 0.6) is 0 Å². The molecule has 0 aliphatic rings. The van der Waals surface area contributed by atoms with E-state index in [-0.39, 0.29) is 5.75 Å². The zero-order chi connectivity index (χ0) is 9.68. The third kappa shape index (κ3) is 3.83. The monoisotopic (exact) mass is 260 g/mol. The first-order valence-electron chi connectivity index (χ1n) is 3.73. The summed E-state index contributed by atoms with van der Waals surface area (Å²) in [6, 6.07) is 7.83. The number of carboxylic acid groups (broad SMARTS) is 1. The number of hydrogen-bond donors (Lipinski definition) is 1. The van der Waals surface area contributed by atoms with Crippen LogP contribution >= 0.6 is 27.7 Å². The van der Waals surface area contributed by atoms with E-state index in [2.05, 4.69) is 15.9 Å². The smallest absolute Gasteiger partial charge is 0.313 e. The number of thioether (sulfide) groups is 1. The number of hydrogen-bond acceptors (Lipinski definition) is 2. The minimum atomic E-state index is -0.767. The highest BCUT2D eigenvalue weighted by Crippen LogP contribution is 2.20. The molecule has 0 unspecified atom stereocenters. The molecule has 2 nitrogen and oxygen atoms in total. The van der Waals surface area contributed by atoms with Crippen molar-refractivity contribution in [2.75, 3.05) is 5.75 Å². The van der Waals surface area contributed by atoms with Crippen molar-refractivity contribution in [1.29, 1.82) is 0 Å². The van der Waals surface area contributed by atoms with Crippen LogP contribution in [0.1, 0.15) is 5.56 Å². The van der Waals surface area contributed by atoms with Gasteiger partial charge in [-0.2, -0.15) is 0 Å². The fraction of sp³-hybridized carbons (Fsp3) is 0.222. The lowest BCUT2D eigenvalue weighted by molar-refractivity contribution is -0.133. The molecule has 13 heavy (non-hydrogen) atoms. The number of rotatable bonds is 4. The molecule has 0 fully saturated rings. The summed E-state index contributed by atoms with van der Waals surface area (Å²) in [6.07, 6.45) is 0. The summed E-state index contributed by atoms with van der Waals surface area (Å²) in [5, 5.41) is 8.43. The maximum Gasteiger partial charge on any atom is 0.313 e. The number of aliphatic carboxylic acids is 1. The normalized spacial score (nSPS) is 9.92. The molecule has 1 N–H and O–H groups in total. The molecular weight excluding hydrogens is 252 g/mol. The summed E-state index contributed by atoms with van der Waals surface area (Å²) in [5.41, 5.74) is 1.13. The van der Waals surface area contributed by atoms with Gasteiger partial charge in [0.15, 0.2) is 0 Å². The average molecular weight is 261 g/mol. The average Bonchev–Trinajstić information content (AvgIpc) is 2.08. The van der Waals surface area contributed by atoms with Gasteiger partial charge in [-0.3, -0.25) is 4.79 Å². The number of carbonyl (C=O) groups is 1. The topological polar surface area (TPSA) is 37.3 Å². The number of carboxylic acids is 1. The van der Waals surface area contributed by atoms with Crippen molar-refractivity contribution in [2.45, 2.75) is 5.75 Å². The van der Waals surface area contributed by atoms with Crippen LogP contribution in [0.15, 0.2) is 28.7 Å². The molecule has 4 heteroatoms. The van der Waals surface area contributed by atoms with Crippen LogP contribution in [0.25, 0.3) is 0 Å². The van der Waals surface area contributed by atoms with Crippen molar-refractivity contribution in [3.8, 4) is 0 Å². The van der Waals surface area contributed by atoms with Gasteiger partial charge in [0.25, 0.3) is 0 Å². The van der Waals surface area contributed by atoms with Crippen LogP contribution in [0.2, 0.25) is 0 Å². The van der Waals surface area contributed by atoms with E-state index in [0.717, 1.165) is 15.8 Å². The van der Waals surface area contributed by atoms with E-state index in [1.165, 1.54) is 11.8 Å². The van der Waals surface area contributed by atoms with Gasteiger partial charge >= 0.3 is 5.97 Å². The highest BCUT2D eigenvalue weighted by Gasteiger charge is 2.00. The Balaban J connectivity index is 2.45. The Bertz CT molecular complexity index is 301. The van der Waals surface area contributed by atoms with Crippen LogP contribution in [0, 0.1) is 0 Å². The molecule has 0 saturated heterocycles. The summed E-state index contributed by atoms with van der Waals surface area (Å²) in [6.45, 7) is 0. The van der Waals surface area contributed by atoms with Crippen molar-refractivity contribution < 1.29 is 9.90 Å². The Labute approximate surface area is 89.5 Å². The molecule has 1 rings (SSSR count). The highest BCUT2D eigenvalue weighted by molar-refractivity contribution is 9.10. The lowest BCUT2D eigenvalue weighted by Crippen LogP contribution is -1.98. The summed E-state index contributed by atoms with van der Waals surface area (Å²) >= 11 is 4.80. The molecule has 0 spiro atoms. The van der Waals surface area contributed by atoms with E-state index < -0.39 is 5.97 Å². The van der Waals surface area contributed by atoms with Crippen LogP contribution in [0.4, 0.5) is 0 Å². The van der Waals surface area contributed by atoms with Crippen molar-refractivity contribution in [3.05, 3.63) is 34.3 Å². The Morgan fingerprint density at radius 3 is 2.77 bits per heavy atom. The van der Waals surface area contributed by atoms with Crippen molar-refractivity contribution in [2.24, 2.45) is 0 Å². The van der Waals surface area contributed by atoms with E-state index >= 15 is 0 Å².